The molecule has 2 aromatic carbocycles. The van der Waals surface area contributed by atoms with Gasteiger partial charge in [-0.05, 0) is 69.9 Å². The number of rotatable bonds is 7. The third-order valence-electron chi connectivity index (χ3n) is 7.26. The summed E-state index contributed by atoms with van der Waals surface area (Å²) in [5.74, 6) is 2.45. The summed E-state index contributed by atoms with van der Waals surface area (Å²) < 4.78 is 13.5. The molecule has 1 N–H and O–H groups in total. The van der Waals surface area contributed by atoms with Crippen LogP contribution in [0.2, 0.25) is 5.02 Å². The SMILES string of the molecule is Cn1cnc2cc(Oc3ccc(Nc4ncnc5cnc(N6CCC(CC(=O)OC(C)(C)C)CC6)nc45)cc3Cl)ccc21. The molecule has 1 aliphatic rings. The zero-order chi connectivity index (χ0) is 30.1. The molecule has 5 aromatic rings. The predicted molar refractivity (Wildman–Crippen MR) is 166 cm³/mol. The van der Waals surface area contributed by atoms with Gasteiger partial charge < -0.3 is 24.3 Å². The van der Waals surface area contributed by atoms with Gasteiger partial charge in [-0.3, -0.25) is 4.79 Å². The van der Waals surface area contributed by atoms with E-state index in [-0.39, 0.29) is 11.9 Å². The summed E-state index contributed by atoms with van der Waals surface area (Å²) in [7, 11) is 1.95. The van der Waals surface area contributed by atoms with Crippen molar-refractivity contribution in [2.45, 2.75) is 45.6 Å². The van der Waals surface area contributed by atoms with Gasteiger partial charge in [0.15, 0.2) is 5.82 Å². The highest BCUT2D eigenvalue weighted by Gasteiger charge is 2.26. The molecule has 43 heavy (non-hydrogen) atoms. The maximum absolute atomic E-state index is 12.3. The Bertz CT molecular complexity index is 1790. The molecule has 1 fully saturated rings. The van der Waals surface area contributed by atoms with Crippen molar-refractivity contribution in [2.24, 2.45) is 13.0 Å². The van der Waals surface area contributed by atoms with Crippen LogP contribution < -0.4 is 15.0 Å². The fourth-order valence-electron chi connectivity index (χ4n) is 5.15. The van der Waals surface area contributed by atoms with E-state index < -0.39 is 5.60 Å². The molecule has 11 nitrogen and oxygen atoms in total. The van der Waals surface area contributed by atoms with Crippen LogP contribution in [-0.4, -0.2) is 54.1 Å². The zero-order valence-corrected chi connectivity index (χ0v) is 25.3. The van der Waals surface area contributed by atoms with Crippen LogP contribution in [-0.2, 0) is 16.6 Å². The summed E-state index contributed by atoms with van der Waals surface area (Å²) in [6.45, 7) is 7.17. The summed E-state index contributed by atoms with van der Waals surface area (Å²) in [4.78, 5) is 37.0. The first kappa shape index (κ1) is 28.6. The van der Waals surface area contributed by atoms with Crippen LogP contribution in [0.1, 0.15) is 40.0 Å². The lowest BCUT2D eigenvalue weighted by Crippen LogP contribution is -2.36. The molecule has 0 saturated carbocycles. The molecular formula is C31H33ClN8O3. The molecule has 1 aliphatic heterocycles. The van der Waals surface area contributed by atoms with E-state index in [2.05, 4.69) is 30.2 Å². The Morgan fingerprint density at radius 1 is 1.05 bits per heavy atom. The van der Waals surface area contributed by atoms with Gasteiger partial charge in [-0.2, -0.15) is 0 Å². The van der Waals surface area contributed by atoms with Crippen LogP contribution in [0.25, 0.3) is 22.1 Å². The van der Waals surface area contributed by atoms with Crippen LogP contribution in [0.4, 0.5) is 17.5 Å². The number of hydrogen-bond acceptors (Lipinski definition) is 10. The molecule has 0 amide bonds. The zero-order valence-electron chi connectivity index (χ0n) is 24.5. The molecule has 0 spiro atoms. The van der Waals surface area contributed by atoms with Gasteiger partial charge in [0.05, 0.1) is 28.6 Å². The Labute approximate surface area is 254 Å². The van der Waals surface area contributed by atoms with E-state index in [1.165, 1.54) is 6.33 Å². The number of nitrogens with one attached hydrogen (secondary N) is 1. The molecule has 0 aliphatic carbocycles. The van der Waals surface area contributed by atoms with E-state index in [4.69, 9.17) is 26.1 Å². The Morgan fingerprint density at radius 3 is 2.63 bits per heavy atom. The van der Waals surface area contributed by atoms with Gasteiger partial charge in [-0.15, -0.1) is 0 Å². The number of aromatic nitrogens is 6. The topological polar surface area (TPSA) is 120 Å². The summed E-state index contributed by atoms with van der Waals surface area (Å²) >= 11 is 6.61. The molecule has 0 atom stereocenters. The number of anilines is 3. The van der Waals surface area contributed by atoms with Gasteiger partial charge in [0.2, 0.25) is 5.95 Å². The fourth-order valence-corrected chi connectivity index (χ4v) is 5.37. The summed E-state index contributed by atoms with van der Waals surface area (Å²) in [5, 5.41) is 3.76. The van der Waals surface area contributed by atoms with Crippen molar-refractivity contribution in [3.63, 3.8) is 0 Å². The van der Waals surface area contributed by atoms with Crippen molar-refractivity contribution in [1.29, 1.82) is 0 Å². The van der Waals surface area contributed by atoms with Crippen molar-refractivity contribution in [2.75, 3.05) is 23.3 Å². The number of carbonyl (C=O) groups is 1. The number of esters is 1. The lowest BCUT2D eigenvalue weighted by molar-refractivity contribution is -0.156. The molecule has 0 radical (unpaired) electrons. The van der Waals surface area contributed by atoms with Crippen molar-refractivity contribution in [3.05, 3.63) is 60.3 Å². The Balaban J connectivity index is 1.14. The van der Waals surface area contributed by atoms with Gasteiger partial charge in [0, 0.05) is 38.3 Å². The van der Waals surface area contributed by atoms with Gasteiger partial charge in [0.1, 0.15) is 34.5 Å². The molecule has 12 heteroatoms. The van der Waals surface area contributed by atoms with Crippen molar-refractivity contribution in [3.8, 4) is 11.5 Å². The van der Waals surface area contributed by atoms with Gasteiger partial charge in [-0.1, -0.05) is 11.6 Å². The second-order valence-corrected chi connectivity index (χ2v) is 12.1. The average Bonchev–Trinajstić information content (AvgIpc) is 3.33. The van der Waals surface area contributed by atoms with Crippen LogP contribution >= 0.6 is 11.6 Å². The van der Waals surface area contributed by atoms with Gasteiger partial charge in [-0.25, -0.2) is 24.9 Å². The summed E-state index contributed by atoms with van der Waals surface area (Å²) in [6, 6.07) is 11.2. The van der Waals surface area contributed by atoms with Gasteiger partial charge >= 0.3 is 5.97 Å². The number of benzene rings is 2. The number of aryl methyl sites for hydroxylation is 1. The van der Waals surface area contributed by atoms with E-state index in [0.717, 1.165) is 42.7 Å². The number of fused-ring (bicyclic) bond motifs is 2. The summed E-state index contributed by atoms with van der Waals surface area (Å²) in [6.07, 6.45) is 7.10. The standard InChI is InChI=1S/C31H33ClN8O3/c1-31(2,3)43-27(41)13-19-9-11-40(12-10-19)30-33-16-24-28(38-30)29(35-17-34-24)37-20-5-8-26(22(32)14-20)42-21-6-7-25-23(15-21)36-18-39(25)4/h5-8,14-19H,9-13H2,1-4H3,(H,34,35,37). The Morgan fingerprint density at radius 2 is 1.86 bits per heavy atom. The molecule has 6 rings (SSSR count). The highest BCUT2D eigenvalue weighted by molar-refractivity contribution is 6.32. The monoisotopic (exact) mass is 600 g/mol. The predicted octanol–water partition coefficient (Wildman–Crippen LogP) is 6.44. The molecule has 0 unspecified atom stereocenters. The van der Waals surface area contributed by atoms with Crippen molar-refractivity contribution < 1.29 is 14.3 Å². The maximum Gasteiger partial charge on any atom is 0.306 e. The number of nitrogens with zero attached hydrogens (tertiary/aromatic N) is 7. The smallest absolute Gasteiger partial charge is 0.306 e. The number of carbonyl (C=O) groups excluding carboxylic acids is 1. The first-order valence-corrected chi connectivity index (χ1v) is 14.6. The molecule has 1 saturated heterocycles. The normalized spacial score (nSPS) is 14.3. The first-order chi connectivity index (χ1) is 20.6. The second-order valence-electron chi connectivity index (χ2n) is 11.7. The number of piperidine rings is 1. The number of imidazole rings is 1. The quantitative estimate of drug-likeness (QED) is 0.209. The number of hydrogen-bond donors (Lipinski definition) is 1. The van der Waals surface area contributed by atoms with E-state index in [0.29, 0.717) is 45.7 Å². The lowest BCUT2D eigenvalue weighted by atomic mass is 9.93. The minimum absolute atomic E-state index is 0.147. The lowest BCUT2D eigenvalue weighted by Gasteiger charge is -2.32. The average molecular weight is 601 g/mol. The van der Waals surface area contributed by atoms with E-state index in [1.807, 2.05) is 56.7 Å². The van der Waals surface area contributed by atoms with E-state index in [9.17, 15) is 4.79 Å². The molecular weight excluding hydrogens is 568 g/mol. The highest BCUT2D eigenvalue weighted by atomic mass is 35.5. The highest BCUT2D eigenvalue weighted by Crippen LogP contribution is 2.34. The van der Waals surface area contributed by atoms with Crippen molar-refractivity contribution >= 4 is 57.1 Å². The van der Waals surface area contributed by atoms with Crippen LogP contribution in [0.5, 0.6) is 11.5 Å². The number of ether oxygens (including phenoxy) is 2. The molecule has 222 valence electrons. The largest absolute Gasteiger partial charge is 0.460 e. The Kier molecular flexibility index (Phi) is 7.74. The first-order valence-electron chi connectivity index (χ1n) is 14.2. The van der Waals surface area contributed by atoms with Crippen LogP contribution in [0, 0.1) is 5.92 Å². The van der Waals surface area contributed by atoms with Gasteiger partial charge in [0.25, 0.3) is 0 Å². The third-order valence-corrected chi connectivity index (χ3v) is 7.55. The third kappa shape index (κ3) is 6.61. The molecule has 4 heterocycles. The Hall–Kier alpha value is -4.51. The minimum atomic E-state index is -0.471. The van der Waals surface area contributed by atoms with E-state index >= 15 is 0 Å². The summed E-state index contributed by atoms with van der Waals surface area (Å²) in [5.41, 5.74) is 3.34. The maximum atomic E-state index is 12.3. The van der Waals surface area contributed by atoms with Crippen LogP contribution in [0.15, 0.2) is 55.2 Å². The minimum Gasteiger partial charge on any atom is -0.460 e. The van der Waals surface area contributed by atoms with Crippen LogP contribution in [0.3, 0.4) is 0 Å². The molecule has 3 aromatic heterocycles. The fraction of sp³-hybridized carbons (Fsp3) is 0.355. The number of halogens is 1. The van der Waals surface area contributed by atoms with Crippen molar-refractivity contribution in [1.82, 2.24) is 29.5 Å². The second kappa shape index (κ2) is 11.6. The van der Waals surface area contributed by atoms with E-state index in [1.54, 1.807) is 24.7 Å². The molecule has 0 bridgehead atoms.